The lowest BCUT2D eigenvalue weighted by molar-refractivity contribution is 0.311. The summed E-state index contributed by atoms with van der Waals surface area (Å²) in [5, 5.41) is 14.5. The predicted octanol–water partition coefficient (Wildman–Crippen LogP) is 1.80. The zero-order valence-electron chi connectivity index (χ0n) is 10.4. The number of nitrogens with zero attached hydrogens (tertiary/aromatic N) is 3. The molecule has 0 spiro atoms. The second-order valence-electron chi connectivity index (χ2n) is 4.14. The molecule has 6 heteroatoms. The summed E-state index contributed by atoms with van der Waals surface area (Å²) >= 11 is 1.68. The molecule has 1 aromatic rings. The molecule has 96 valence electrons. The first-order valence-electron chi connectivity index (χ1n) is 5.67. The van der Waals surface area contributed by atoms with Crippen LogP contribution in [-0.2, 0) is 6.54 Å². The lowest BCUT2D eigenvalue weighted by Crippen LogP contribution is -2.20. The lowest BCUT2D eigenvalue weighted by Gasteiger charge is -2.14. The van der Waals surface area contributed by atoms with Gasteiger partial charge in [0, 0.05) is 18.3 Å². The van der Waals surface area contributed by atoms with Gasteiger partial charge in [-0.05, 0) is 33.4 Å². The average Bonchev–Trinajstić information content (AvgIpc) is 2.69. The number of aromatic nitrogens is 1. The van der Waals surface area contributed by atoms with Gasteiger partial charge in [-0.1, -0.05) is 5.16 Å². The molecule has 1 aromatic heterocycles. The van der Waals surface area contributed by atoms with E-state index >= 15 is 0 Å². The van der Waals surface area contributed by atoms with Gasteiger partial charge in [-0.2, -0.15) is 0 Å². The molecule has 0 fully saturated rings. The topological polar surface area (TPSA) is 74.7 Å². The van der Waals surface area contributed by atoms with Crippen molar-refractivity contribution in [3.05, 3.63) is 16.1 Å². The van der Waals surface area contributed by atoms with E-state index in [4.69, 9.17) is 10.9 Å². The van der Waals surface area contributed by atoms with Crippen LogP contribution in [0.15, 0.2) is 10.5 Å². The number of aryl methyl sites for hydroxylation is 1. The predicted molar refractivity (Wildman–Crippen MR) is 70.4 cm³/mol. The molecule has 0 aromatic carbocycles. The second kappa shape index (κ2) is 7.24. The normalized spacial score (nSPS) is 12.3. The third-order valence-electron chi connectivity index (χ3n) is 2.45. The monoisotopic (exact) mass is 256 g/mol. The Morgan fingerprint density at radius 1 is 1.59 bits per heavy atom. The van der Waals surface area contributed by atoms with Gasteiger partial charge in [0.15, 0.2) is 0 Å². The van der Waals surface area contributed by atoms with E-state index in [2.05, 4.69) is 27.5 Å². The molecule has 0 amide bonds. The highest BCUT2D eigenvalue weighted by atomic mass is 32.1. The van der Waals surface area contributed by atoms with Gasteiger partial charge in [-0.3, -0.25) is 0 Å². The first-order valence-corrected chi connectivity index (χ1v) is 6.55. The Labute approximate surface area is 106 Å². The molecule has 0 aliphatic rings. The molecule has 0 saturated carbocycles. The van der Waals surface area contributed by atoms with E-state index in [9.17, 15) is 0 Å². The lowest BCUT2D eigenvalue weighted by atomic mass is 10.2. The molecule has 0 saturated heterocycles. The summed E-state index contributed by atoms with van der Waals surface area (Å²) in [5.41, 5.74) is 6.52. The molecular formula is C11H20N4OS. The summed E-state index contributed by atoms with van der Waals surface area (Å²) in [6.07, 6.45) is 2.63. The molecule has 0 aliphatic carbocycles. The summed E-state index contributed by atoms with van der Waals surface area (Å²) in [5.74, 6) is 0.308. The Bertz CT molecular complexity index is 364. The van der Waals surface area contributed by atoms with Crippen molar-refractivity contribution in [1.29, 1.82) is 0 Å². The van der Waals surface area contributed by atoms with E-state index in [1.807, 2.05) is 6.92 Å². The molecule has 0 radical (unpaired) electrons. The minimum Gasteiger partial charge on any atom is -0.409 e. The maximum atomic E-state index is 8.39. The van der Waals surface area contributed by atoms with Crippen LogP contribution in [0, 0.1) is 6.92 Å². The van der Waals surface area contributed by atoms with Gasteiger partial charge in [0.05, 0.1) is 10.7 Å². The van der Waals surface area contributed by atoms with E-state index in [-0.39, 0.29) is 0 Å². The van der Waals surface area contributed by atoms with Crippen molar-refractivity contribution >= 4 is 17.2 Å². The van der Waals surface area contributed by atoms with Crippen molar-refractivity contribution in [3.63, 3.8) is 0 Å². The zero-order valence-corrected chi connectivity index (χ0v) is 11.2. The molecule has 3 N–H and O–H groups in total. The Morgan fingerprint density at radius 3 is 2.94 bits per heavy atom. The van der Waals surface area contributed by atoms with Crippen LogP contribution in [-0.4, -0.2) is 34.5 Å². The molecule has 0 unspecified atom stereocenters. The van der Waals surface area contributed by atoms with E-state index in [1.165, 1.54) is 0 Å². The van der Waals surface area contributed by atoms with Gasteiger partial charge in [-0.25, -0.2) is 4.98 Å². The molecule has 17 heavy (non-hydrogen) atoms. The first kappa shape index (κ1) is 13.9. The summed E-state index contributed by atoms with van der Waals surface area (Å²) in [7, 11) is 2.08. The van der Waals surface area contributed by atoms with Crippen LogP contribution in [0.3, 0.4) is 0 Å². The van der Waals surface area contributed by atoms with Crippen molar-refractivity contribution in [2.45, 2.75) is 32.7 Å². The number of hydrogen-bond donors (Lipinski definition) is 2. The maximum Gasteiger partial charge on any atom is 0.139 e. The van der Waals surface area contributed by atoms with E-state index in [1.54, 1.807) is 11.3 Å². The number of rotatable bonds is 7. The summed E-state index contributed by atoms with van der Waals surface area (Å²) < 4.78 is 0. The highest BCUT2D eigenvalue weighted by molar-refractivity contribution is 7.09. The number of oxime groups is 1. The van der Waals surface area contributed by atoms with Gasteiger partial charge in [0.2, 0.25) is 0 Å². The van der Waals surface area contributed by atoms with Gasteiger partial charge >= 0.3 is 0 Å². The Balaban J connectivity index is 2.15. The van der Waals surface area contributed by atoms with Crippen LogP contribution in [0.25, 0.3) is 0 Å². The Morgan fingerprint density at radius 2 is 2.35 bits per heavy atom. The maximum absolute atomic E-state index is 8.39. The Hall–Kier alpha value is -1.14. The van der Waals surface area contributed by atoms with Crippen molar-refractivity contribution < 1.29 is 5.21 Å². The summed E-state index contributed by atoms with van der Waals surface area (Å²) in [6.45, 7) is 3.90. The molecule has 1 heterocycles. The third kappa shape index (κ3) is 5.65. The van der Waals surface area contributed by atoms with E-state index in [0.29, 0.717) is 12.3 Å². The summed E-state index contributed by atoms with van der Waals surface area (Å²) in [4.78, 5) is 6.66. The van der Waals surface area contributed by atoms with Crippen LogP contribution < -0.4 is 5.73 Å². The van der Waals surface area contributed by atoms with Gasteiger partial charge in [0.25, 0.3) is 0 Å². The minimum atomic E-state index is 0.308. The summed E-state index contributed by atoms with van der Waals surface area (Å²) in [6, 6.07) is 0. The SMILES string of the molecule is Cc1nc(CN(C)CCCCC(N)=NO)cs1. The number of amidine groups is 1. The van der Waals surface area contributed by atoms with E-state index < -0.39 is 0 Å². The largest absolute Gasteiger partial charge is 0.409 e. The first-order chi connectivity index (χ1) is 8.11. The van der Waals surface area contributed by atoms with Crippen molar-refractivity contribution in [1.82, 2.24) is 9.88 Å². The fourth-order valence-electron chi connectivity index (χ4n) is 1.57. The smallest absolute Gasteiger partial charge is 0.139 e. The van der Waals surface area contributed by atoms with Crippen molar-refractivity contribution in [2.24, 2.45) is 10.9 Å². The number of unbranched alkanes of at least 4 members (excludes halogenated alkanes) is 1. The number of nitrogens with two attached hydrogens (primary N) is 1. The average molecular weight is 256 g/mol. The van der Waals surface area contributed by atoms with Gasteiger partial charge < -0.3 is 15.8 Å². The van der Waals surface area contributed by atoms with E-state index in [0.717, 1.165) is 36.6 Å². The van der Waals surface area contributed by atoms with Gasteiger partial charge in [0.1, 0.15) is 5.84 Å². The molecule has 5 nitrogen and oxygen atoms in total. The molecule has 1 rings (SSSR count). The highest BCUT2D eigenvalue weighted by Gasteiger charge is 2.03. The second-order valence-corrected chi connectivity index (χ2v) is 5.21. The zero-order chi connectivity index (χ0) is 12.7. The van der Waals surface area contributed by atoms with Crippen molar-refractivity contribution in [2.75, 3.05) is 13.6 Å². The van der Waals surface area contributed by atoms with Gasteiger partial charge in [-0.15, -0.1) is 11.3 Å². The number of hydrogen-bond acceptors (Lipinski definition) is 5. The molecular weight excluding hydrogens is 236 g/mol. The third-order valence-corrected chi connectivity index (χ3v) is 3.27. The standard InChI is InChI=1S/C11H20N4OS/c1-9-13-10(8-17-9)7-15(2)6-4-3-5-11(12)14-16/h8,16H,3-7H2,1-2H3,(H2,12,14). The molecule has 0 bridgehead atoms. The minimum absolute atomic E-state index is 0.308. The van der Waals surface area contributed by atoms with Crippen LogP contribution in [0.4, 0.5) is 0 Å². The number of thiazole rings is 1. The Kier molecular flexibility index (Phi) is 5.93. The fraction of sp³-hybridized carbons (Fsp3) is 0.636. The molecule has 0 aliphatic heterocycles. The van der Waals surface area contributed by atoms with Crippen LogP contribution in [0.5, 0.6) is 0 Å². The van der Waals surface area contributed by atoms with Crippen LogP contribution in [0.2, 0.25) is 0 Å². The van der Waals surface area contributed by atoms with Crippen LogP contribution in [0.1, 0.15) is 30.0 Å². The molecule has 0 atom stereocenters. The van der Waals surface area contributed by atoms with Crippen LogP contribution >= 0.6 is 11.3 Å². The highest BCUT2D eigenvalue weighted by Crippen LogP contribution is 2.10. The van der Waals surface area contributed by atoms with Crippen molar-refractivity contribution in [3.8, 4) is 0 Å². The fourth-order valence-corrected chi connectivity index (χ4v) is 2.18. The quantitative estimate of drug-likeness (QED) is 0.256.